The molecule has 0 aliphatic rings. The zero-order valence-corrected chi connectivity index (χ0v) is 12.0. The summed E-state index contributed by atoms with van der Waals surface area (Å²) in [5, 5.41) is 3.87. The Bertz CT molecular complexity index is 553. The van der Waals surface area contributed by atoms with E-state index in [1.54, 1.807) is 12.4 Å². The zero-order valence-electron chi connectivity index (χ0n) is 11.2. The highest BCUT2D eigenvalue weighted by molar-refractivity contribution is 6.29. The Balaban J connectivity index is 2.09. The number of nitrogens with zero attached hydrogens (tertiary/aromatic N) is 3. The number of hydrogen-bond donors (Lipinski definition) is 1. The van der Waals surface area contributed by atoms with Crippen molar-refractivity contribution >= 4 is 17.3 Å². The van der Waals surface area contributed by atoms with Crippen LogP contribution in [0.15, 0.2) is 24.5 Å². The summed E-state index contributed by atoms with van der Waals surface area (Å²) in [6, 6.07) is 3.79. The predicted octanol–water partition coefficient (Wildman–Crippen LogP) is 2.87. The molecule has 2 aromatic heterocycles. The second-order valence-corrected chi connectivity index (χ2v) is 4.82. The first-order valence-corrected chi connectivity index (χ1v) is 6.47. The molecule has 2 aromatic rings. The average Bonchev–Trinajstić information content (AvgIpc) is 2.68. The first-order chi connectivity index (χ1) is 9.08. The van der Waals surface area contributed by atoms with Crippen molar-refractivity contribution in [2.24, 2.45) is 7.05 Å². The maximum atomic E-state index is 5.95. The summed E-state index contributed by atoms with van der Waals surface area (Å²) < 4.78 is 7.47. The number of hydrogen-bond acceptors (Lipinski definition) is 4. The Hall–Kier alpha value is -1.75. The molecule has 2 heterocycles. The molecule has 2 rings (SSSR count). The second kappa shape index (κ2) is 5.93. The molecule has 0 saturated carbocycles. The molecule has 0 atom stereocenters. The molecule has 5 nitrogen and oxygen atoms in total. The molecule has 0 fully saturated rings. The predicted molar refractivity (Wildman–Crippen MR) is 75.5 cm³/mol. The van der Waals surface area contributed by atoms with Crippen LogP contribution in [0, 0.1) is 0 Å². The number of anilines is 1. The third-order valence-corrected chi connectivity index (χ3v) is 2.93. The van der Waals surface area contributed by atoms with Gasteiger partial charge in [-0.25, -0.2) is 9.97 Å². The van der Waals surface area contributed by atoms with Crippen molar-refractivity contribution in [1.29, 1.82) is 0 Å². The molecule has 102 valence electrons. The molecular formula is C13H17ClN4O. The monoisotopic (exact) mass is 280 g/mol. The van der Waals surface area contributed by atoms with Crippen LogP contribution in [0.3, 0.4) is 0 Å². The molecule has 0 spiro atoms. The van der Waals surface area contributed by atoms with Gasteiger partial charge >= 0.3 is 0 Å². The lowest BCUT2D eigenvalue weighted by atomic mass is 10.4. The minimum Gasteiger partial charge on any atom is -0.473 e. The fourth-order valence-electron chi connectivity index (χ4n) is 1.61. The Morgan fingerprint density at radius 2 is 2.21 bits per heavy atom. The van der Waals surface area contributed by atoms with E-state index in [1.165, 1.54) is 0 Å². The van der Waals surface area contributed by atoms with E-state index < -0.39 is 0 Å². The van der Waals surface area contributed by atoms with E-state index >= 15 is 0 Å². The smallest absolute Gasteiger partial charge is 0.237 e. The van der Waals surface area contributed by atoms with E-state index in [0.717, 1.165) is 11.5 Å². The van der Waals surface area contributed by atoms with E-state index in [4.69, 9.17) is 16.3 Å². The van der Waals surface area contributed by atoms with Crippen molar-refractivity contribution in [2.75, 3.05) is 5.32 Å². The molecule has 6 heteroatoms. The molecule has 0 saturated heterocycles. The van der Waals surface area contributed by atoms with Gasteiger partial charge in [-0.15, -0.1) is 0 Å². The van der Waals surface area contributed by atoms with Crippen molar-refractivity contribution in [3.05, 3.63) is 35.5 Å². The van der Waals surface area contributed by atoms with Crippen molar-refractivity contribution < 1.29 is 4.74 Å². The highest BCUT2D eigenvalue weighted by Crippen LogP contribution is 2.22. The summed E-state index contributed by atoms with van der Waals surface area (Å²) >= 11 is 5.95. The second-order valence-electron chi connectivity index (χ2n) is 4.43. The van der Waals surface area contributed by atoms with Gasteiger partial charge in [-0.1, -0.05) is 11.6 Å². The molecule has 19 heavy (non-hydrogen) atoms. The van der Waals surface area contributed by atoms with Crippen LogP contribution in [0.25, 0.3) is 0 Å². The zero-order chi connectivity index (χ0) is 13.8. The summed E-state index contributed by atoms with van der Waals surface area (Å²) in [6.07, 6.45) is 3.42. The van der Waals surface area contributed by atoms with Gasteiger partial charge in [-0.05, 0) is 26.0 Å². The van der Waals surface area contributed by atoms with Gasteiger partial charge in [0.25, 0.3) is 0 Å². The molecule has 0 radical (unpaired) electrons. The number of imidazole rings is 1. The minimum atomic E-state index is 0.0815. The van der Waals surface area contributed by atoms with Crippen LogP contribution in [0.1, 0.15) is 19.7 Å². The van der Waals surface area contributed by atoms with Crippen LogP contribution in [0.2, 0.25) is 5.15 Å². The first kappa shape index (κ1) is 13.7. The summed E-state index contributed by atoms with van der Waals surface area (Å²) in [5.74, 6) is 1.45. The topological polar surface area (TPSA) is 52.0 Å². The summed E-state index contributed by atoms with van der Waals surface area (Å²) in [5.41, 5.74) is 0.843. The van der Waals surface area contributed by atoms with E-state index in [-0.39, 0.29) is 6.10 Å². The van der Waals surface area contributed by atoms with Crippen LogP contribution in [-0.4, -0.2) is 20.6 Å². The number of aromatic nitrogens is 3. The van der Waals surface area contributed by atoms with Crippen molar-refractivity contribution in [1.82, 2.24) is 14.5 Å². The highest BCUT2D eigenvalue weighted by atomic mass is 35.5. The van der Waals surface area contributed by atoms with Gasteiger partial charge < -0.3 is 14.6 Å². The molecular weight excluding hydrogens is 264 g/mol. The molecule has 0 amide bonds. The number of halogens is 1. The summed E-state index contributed by atoms with van der Waals surface area (Å²) in [7, 11) is 1.88. The molecule has 0 aromatic carbocycles. The van der Waals surface area contributed by atoms with Gasteiger partial charge in [0.15, 0.2) is 0 Å². The van der Waals surface area contributed by atoms with Crippen LogP contribution < -0.4 is 10.1 Å². The van der Waals surface area contributed by atoms with Gasteiger partial charge in [0.05, 0.1) is 24.5 Å². The maximum absolute atomic E-state index is 5.95. The lowest BCUT2D eigenvalue weighted by molar-refractivity contribution is 0.234. The molecule has 0 unspecified atom stereocenters. The van der Waals surface area contributed by atoms with Gasteiger partial charge in [0.2, 0.25) is 5.88 Å². The van der Waals surface area contributed by atoms with Gasteiger partial charge in [-0.2, -0.15) is 0 Å². The molecule has 0 aliphatic heterocycles. The number of nitrogens with one attached hydrogen (secondary N) is 1. The number of ether oxygens (including phenoxy) is 1. The van der Waals surface area contributed by atoms with E-state index in [9.17, 15) is 0 Å². The van der Waals surface area contributed by atoms with Crippen molar-refractivity contribution in [2.45, 2.75) is 26.5 Å². The third-order valence-electron chi connectivity index (χ3n) is 2.58. The highest BCUT2D eigenvalue weighted by Gasteiger charge is 2.08. The molecule has 1 N–H and O–H groups in total. The van der Waals surface area contributed by atoms with Crippen molar-refractivity contribution in [3.63, 3.8) is 0 Å². The fourth-order valence-corrected chi connectivity index (χ4v) is 1.75. The summed E-state index contributed by atoms with van der Waals surface area (Å²) in [4.78, 5) is 8.45. The SMILES string of the molecule is CC(C)Oc1ncccc1NCc1ncc(Cl)n1C. The normalized spacial score (nSPS) is 10.8. The molecule has 0 aliphatic carbocycles. The van der Waals surface area contributed by atoms with Gasteiger partial charge in [0, 0.05) is 13.2 Å². The maximum Gasteiger partial charge on any atom is 0.237 e. The number of pyridine rings is 1. The largest absolute Gasteiger partial charge is 0.473 e. The summed E-state index contributed by atoms with van der Waals surface area (Å²) in [6.45, 7) is 4.50. The standard InChI is InChI=1S/C13H17ClN4O/c1-9(2)19-13-10(5-4-6-15-13)16-8-12-17-7-11(14)18(12)3/h4-7,9,16H,8H2,1-3H3. The van der Waals surface area contributed by atoms with Crippen LogP contribution in [0.5, 0.6) is 5.88 Å². The van der Waals surface area contributed by atoms with Crippen LogP contribution in [-0.2, 0) is 13.6 Å². The Labute approximate surface area is 117 Å². The van der Waals surface area contributed by atoms with Crippen LogP contribution in [0.4, 0.5) is 5.69 Å². The minimum absolute atomic E-state index is 0.0815. The van der Waals surface area contributed by atoms with E-state index in [0.29, 0.717) is 17.6 Å². The van der Waals surface area contributed by atoms with Crippen LogP contribution >= 0.6 is 11.6 Å². The third kappa shape index (κ3) is 3.38. The molecule has 0 bridgehead atoms. The Kier molecular flexibility index (Phi) is 4.27. The van der Waals surface area contributed by atoms with E-state index in [1.807, 2.05) is 37.6 Å². The lowest BCUT2D eigenvalue weighted by Gasteiger charge is -2.14. The fraction of sp³-hybridized carbons (Fsp3) is 0.385. The van der Waals surface area contributed by atoms with Crippen molar-refractivity contribution in [3.8, 4) is 5.88 Å². The Morgan fingerprint density at radius 3 is 2.84 bits per heavy atom. The van der Waals surface area contributed by atoms with Gasteiger partial charge in [0.1, 0.15) is 11.0 Å². The van der Waals surface area contributed by atoms with Gasteiger partial charge in [-0.3, -0.25) is 0 Å². The Morgan fingerprint density at radius 1 is 1.42 bits per heavy atom. The first-order valence-electron chi connectivity index (χ1n) is 6.09. The quantitative estimate of drug-likeness (QED) is 0.915. The number of rotatable bonds is 5. The lowest BCUT2D eigenvalue weighted by Crippen LogP contribution is -2.11. The average molecular weight is 281 g/mol. The van der Waals surface area contributed by atoms with E-state index in [2.05, 4.69) is 15.3 Å².